The number of nitrogens with zero attached hydrogens (tertiary/aromatic N) is 2. The van der Waals surface area contributed by atoms with Gasteiger partial charge in [-0.1, -0.05) is 12.1 Å². The second-order valence-electron chi connectivity index (χ2n) is 6.51. The number of likely N-dealkylation sites (tertiary alicyclic amines) is 1. The van der Waals surface area contributed by atoms with Gasteiger partial charge >= 0.3 is 11.8 Å². The molecule has 0 atom stereocenters. The number of amides is 2. The van der Waals surface area contributed by atoms with E-state index in [1.54, 1.807) is 6.07 Å². The first-order valence-electron chi connectivity index (χ1n) is 8.45. The fraction of sp³-hybridized carbons (Fsp3) is 0.529. The second kappa shape index (κ2) is 8.57. The van der Waals surface area contributed by atoms with Crippen LogP contribution in [0, 0.1) is 16.0 Å². The summed E-state index contributed by atoms with van der Waals surface area (Å²) in [6.07, 6.45) is 1.95. The molecule has 0 spiro atoms. The van der Waals surface area contributed by atoms with Crippen LogP contribution < -0.4 is 10.6 Å². The molecule has 8 nitrogen and oxygen atoms in total. The van der Waals surface area contributed by atoms with Crippen LogP contribution in [-0.4, -0.2) is 47.3 Å². The minimum Gasteiger partial charge on any atom is -0.348 e. The number of benzene rings is 1. The zero-order valence-corrected chi connectivity index (χ0v) is 14.5. The molecule has 0 unspecified atom stereocenters. The number of nitro groups is 1. The average Bonchev–Trinajstić information content (AvgIpc) is 2.60. The Labute approximate surface area is 146 Å². The number of nitro benzene ring substituents is 1. The van der Waals surface area contributed by atoms with E-state index in [9.17, 15) is 19.7 Å². The van der Waals surface area contributed by atoms with Crippen LogP contribution in [0.5, 0.6) is 0 Å². The molecule has 25 heavy (non-hydrogen) atoms. The summed E-state index contributed by atoms with van der Waals surface area (Å²) in [7, 11) is 0. The highest BCUT2D eigenvalue weighted by Gasteiger charge is 2.23. The summed E-state index contributed by atoms with van der Waals surface area (Å²) in [5.41, 5.74) is -0.234. The Morgan fingerprint density at radius 1 is 1.24 bits per heavy atom. The maximum Gasteiger partial charge on any atom is 0.313 e. The lowest BCUT2D eigenvalue weighted by Gasteiger charge is -2.34. The Morgan fingerprint density at radius 3 is 2.48 bits per heavy atom. The number of piperidine rings is 1. The van der Waals surface area contributed by atoms with Crippen LogP contribution in [0.2, 0.25) is 0 Å². The van der Waals surface area contributed by atoms with Crippen LogP contribution in [-0.2, 0) is 9.59 Å². The third kappa shape index (κ3) is 5.25. The van der Waals surface area contributed by atoms with Gasteiger partial charge in [-0.15, -0.1) is 0 Å². The summed E-state index contributed by atoms with van der Waals surface area (Å²) in [6, 6.07) is 6.24. The minimum absolute atomic E-state index is 0.0119. The standard InChI is InChI=1S/C17H24N4O4/c1-12(2)20-9-7-13(8-10-20)11-18-16(22)17(23)19-14-5-3-4-6-15(14)21(24)25/h3-6,12-13H,7-11H2,1-2H3,(H,18,22)(H,19,23). The lowest BCUT2D eigenvalue weighted by Crippen LogP contribution is -2.43. The first-order valence-corrected chi connectivity index (χ1v) is 8.45. The third-order valence-electron chi connectivity index (χ3n) is 4.49. The SMILES string of the molecule is CC(C)N1CCC(CNC(=O)C(=O)Nc2ccccc2[N+](=O)[O-])CC1. The van der Waals surface area contributed by atoms with E-state index < -0.39 is 16.7 Å². The number of carbonyl (C=O) groups excluding carboxylic acids is 2. The molecule has 0 bridgehead atoms. The summed E-state index contributed by atoms with van der Waals surface area (Å²) in [4.78, 5) is 36.6. The zero-order chi connectivity index (χ0) is 18.4. The number of para-hydroxylation sites is 2. The lowest BCUT2D eigenvalue weighted by atomic mass is 9.96. The van der Waals surface area contributed by atoms with Crippen LogP contribution in [0.3, 0.4) is 0 Å². The smallest absolute Gasteiger partial charge is 0.313 e. The van der Waals surface area contributed by atoms with Gasteiger partial charge in [-0.2, -0.15) is 0 Å². The lowest BCUT2D eigenvalue weighted by molar-refractivity contribution is -0.383. The second-order valence-corrected chi connectivity index (χ2v) is 6.51. The van der Waals surface area contributed by atoms with E-state index in [1.165, 1.54) is 18.2 Å². The Kier molecular flexibility index (Phi) is 6.46. The quantitative estimate of drug-likeness (QED) is 0.479. The molecule has 8 heteroatoms. The average molecular weight is 348 g/mol. The molecule has 0 saturated carbocycles. The third-order valence-corrected chi connectivity index (χ3v) is 4.49. The topological polar surface area (TPSA) is 105 Å². The molecule has 1 fully saturated rings. The van der Waals surface area contributed by atoms with Gasteiger partial charge in [0.15, 0.2) is 0 Å². The number of anilines is 1. The maximum absolute atomic E-state index is 11.9. The van der Waals surface area contributed by atoms with Crippen molar-refractivity contribution in [2.75, 3.05) is 25.0 Å². The molecule has 2 amide bonds. The van der Waals surface area contributed by atoms with E-state index >= 15 is 0 Å². The molecule has 1 aliphatic heterocycles. The fourth-order valence-electron chi connectivity index (χ4n) is 2.91. The van der Waals surface area contributed by atoms with Crippen LogP contribution in [0.1, 0.15) is 26.7 Å². The van der Waals surface area contributed by atoms with Gasteiger partial charge in [-0.25, -0.2) is 0 Å². The van der Waals surface area contributed by atoms with Crippen molar-refractivity contribution in [3.8, 4) is 0 Å². The number of hydrogen-bond donors (Lipinski definition) is 2. The summed E-state index contributed by atoms with van der Waals surface area (Å²) >= 11 is 0. The zero-order valence-electron chi connectivity index (χ0n) is 14.5. The molecule has 2 rings (SSSR count). The maximum atomic E-state index is 11.9. The molecule has 0 radical (unpaired) electrons. The molecule has 2 N–H and O–H groups in total. The molecule has 136 valence electrons. The van der Waals surface area contributed by atoms with Crippen LogP contribution in [0.15, 0.2) is 24.3 Å². The molecule has 1 aromatic rings. The molecular weight excluding hydrogens is 324 g/mol. The first kappa shape index (κ1) is 18.9. The minimum atomic E-state index is -0.895. The first-order chi connectivity index (χ1) is 11.9. The van der Waals surface area contributed by atoms with Crippen LogP contribution in [0.25, 0.3) is 0 Å². The normalized spacial score (nSPS) is 15.8. The number of rotatable bonds is 5. The van der Waals surface area contributed by atoms with Gasteiger partial charge in [0.25, 0.3) is 5.69 Å². The molecule has 0 aromatic heterocycles. The summed E-state index contributed by atoms with van der Waals surface area (Å²) in [5, 5.41) is 15.9. The summed E-state index contributed by atoms with van der Waals surface area (Å²) < 4.78 is 0. The van der Waals surface area contributed by atoms with Gasteiger partial charge in [0.05, 0.1) is 4.92 Å². The van der Waals surface area contributed by atoms with Crippen LogP contribution in [0.4, 0.5) is 11.4 Å². The van der Waals surface area contributed by atoms with Crippen molar-refractivity contribution in [2.24, 2.45) is 5.92 Å². The van der Waals surface area contributed by atoms with Crippen molar-refractivity contribution >= 4 is 23.2 Å². The summed E-state index contributed by atoms with van der Waals surface area (Å²) in [6.45, 7) is 6.74. The van der Waals surface area contributed by atoms with E-state index in [-0.39, 0.29) is 11.4 Å². The summed E-state index contributed by atoms with van der Waals surface area (Å²) in [5.74, 6) is -1.32. The van der Waals surface area contributed by atoms with Gasteiger partial charge in [0.1, 0.15) is 5.69 Å². The molecule has 1 aliphatic rings. The molecule has 1 aromatic carbocycles. The molecule has 1 heterocycles. The van der Waals surface area contributed by atoms with Crippen molar-refractivity contribution in [3.05, 3.63) is 34.4 Å². The predicted molar refractivity (Wildman–Crippen MR) is 94.2 cm³/mol. The van der Waals surface area contributed by atoms with Gasteiger partial charge in [0, 0.05) is 18.7 Å². The van der Waals surface area contributed by atoms with E-state index in [0.29, 0.717) is 18.5 Å². The molecule has 1 saturated heterocycles. The van der Waals surface area contributed by atoms with Gasteiger partial charge in [0.2, 0.25) is 0 Å². The van der Waals surface area contributed by atoms with Gasteiger partial charge in [-0.05, 0) is 51.8 Å². The van der Waals surface area contributed by atoms with Crippen molar-refractivity contribution < 1.29 is 14.5 Å². The van der Waals surface area contributed by atoms with E-state index in [0.717, 1.165) is 25.9 Å². The Bertz CT molecular complexity index is 639. The number of nitrogens with one attached hydrogen (secondary N) is 2. The largest absolute Gasteiger partial charge is 0.348 e. The molecule has 0 aliphatic carbocycles. The van der Waals surface area contributed by atoms with Crippen molar-refractivity contribution in [2.45, 2.75) is 32.7 Å². The van der Waals surface area contributed by atoms with E-state index in [1.807, 2.05) is 0 Å². The van der Waals surface area contributed by atoms with E-state index in [4.69, 9.17) is 0 Å². The Balaban J connectivity index is 1.82. The van der Waals surface area contributed by atoms with Crippen molar-refractivity contribution in [1.82, 2.24) is 10.2 Å². The highest BCUT2D eigenvalue weighted by Crippen LogP contribution is 2.23. The number of hydrogen-bond acceptors (Lipinski definition) is 5. The van der Waals surface area contributed by atoms with Gasteiger partial charge < -0.3 is 15.5 Å². The van der Waals surface area contributed by atoms with Gasteiger partial charge in [-0.3, -0.25) is 19.7 Å². The van der Waals surface area contributed by atoms with Crippen molar-refractivity contribution in [3.63, 3.8) is 0 Å². The fourth-order valence-corrected chi connectivity index (χ4v) is 2.91. The Hall–Kier alpha value is -2.48. The van der Waals surface area contributed by atoms with E-state index in [2.05, 4.69) is 29.4 Å². The highest BCUT2D eigenvalue weighted by atomic mass is 16.6. The highest BCUT2D eigenvalue weighted by molar-refractivity contribution is 6.39. The van der Waals surface area contributed by atoms with Crippen LogP contribution >= 0.6 is 0 Å². The monoisotopic (exact) mass is 348 g/mol. The Morgan fingerprint density at radius 2 is 1.88 bits per heavy atom. The predicted octanol–water partition coefficient (Wildman–Crippen LogP) is 1.77. The molecular formula is C17H24N4O4. The van der Waals surface area contributed by atoms with Crippen molar-refractivity contribution in [1.29, 1.82) is 0 Å². The number of carbonyl (C=O) groups is 2.